The van der Waals surface area contributed by atoms with E-state index in [0.717, 1.165) is 40.2 Å². The number of aromatic nitrogens is 1. The van der Waals surface area contributed by atoms with Crippen molar-refractivity contribution in [3.8, 4) is 5.75 Å². The van der Waals surface area contributed by atoms with E-state index in [1.54, 1.807) is 19.4 Å². The maximum absolute atomic E-state index is 13.3. The van der Waals surface area contributed by atoms with Gasteiger partial charge in [0.15, 0.2) is 5.13 Å². The fourth-order valence-electron chi connectivity index (χ4n) is 3.39. The molecular weight excluding hydrogens is 375 g/mol. The molecule has 1 fully saturated rings. The van der Waals surface area contributed by atoms with E-state index >= 15 is 0 Å². The van der Waals surface area contributed by atoms with Crippen LogP contribution in [0.4, 0.5) is 9.52 Å². The first-order chi connectivity index (χ1) is 13.5. The number of halogens is 1. The highest BCUT2D eigenvalue weighted by Gasteiger charge is 2.51. The average Bonchev–Trinajstić information content (AvgIpc) is 3.40. The van der Waals surface area contributed by atoms with E-state index in [0.29, 0.717) is 11.6 Å². The van der Waals surface area contributed by atoms with Crippen molar-refractivity contribution in [2.45, 2.75) is 31.6 Å². The lowest BCUT2D eigenvalue weighted by atomic mass is 9.95. The molecule has 1 aromatic heterocycles. The van der Waals surface area contributed by atoms with Gasteiger partial charge in [0, 0.05) is 17.5 Å². The van der Waals surface area contributed by atoms with Gasteiger partial charge in [-0.05, 0) is 60.7 Å². The van der Waals surface area contributed by atoms with Crippen LogP contribution in [-0.4, -0.2) is 18.0 Å². The maximum Gasteiger partial charge on any atom is 0.236 e. The summed E-state index contributed by atoms with van der Waals surface area (Å²) in [5.74, 6) is 0.531. The summed E-state index contributed by atoms with van der Waals surface area (Å²) in [7, 11) is 1.63. The molecule has 2 aromatic carbocycles. The molecule has 144 valence electrons. The van der Waals surface area contributed by atoms with Crippen LogP contribution in [0.3, 0.4) is 0 Å². The Balaban J connectivity index is 1.45. The summed E-state index contributed by atoms with van der Waals surface area (Å²) in [6.45, 7) is 1.90. The van der Waals surface area contributed by atoms with E-state index in [-0.39, 0.29) is 11.7 Å². The zero-order valence-corrected chi connectivity index (χ0v) is 16.6. The van der Waals surface area contributed by atoms with Crippen molar-refractivity contribution in [3.05, 3.63) is 76.0 Å². The summed E-state index contributed by atoms with van der Waals surface area (Å²) in [6.07, 6.45) is 4.11. The summed E-state index contributed by atoms with van der Waals surface area (Å²) in [5.41, 5.74) is 2.51. The Bertz CT molecular complexity index is 1010. The minimum absolute atomic E-state index is 0.0171. The Labute approximate surface area is 167 Å². The van der Waals surface area contributed by atoms with Crippen LogP contribution in [0.2, 0.25) is 0 Å². The van der Waals surface area contributed by atoms with E-state index in [4.69, 9.17) is 4.74 Å². The van der Waals surface area contributed by atoms with Gasteiger partial charge in [-0.2, -0.15) is 0 Å². The predicted molar refractivity (Wildman–Crippen MR) is 109 cm³/mol. The number of nitrogens with one attached hydrogen (secondary N) is 1. The van der Waals surface area contributed by atoms with Crippen molar-refractivity contribution in [1.29, 1.82) is 0 Å². The van der Waals surface area contributed by atoms with E-state index < -0.39 is 5.41 Å². The Morgan fingerprint density at radius 2 is 2.00 bits per heavy atom. The number of amides is 1. The Kier molecular flexibility index (Phi) is 4.89. The Morgan fingerprint density at radius 1 is 1.25 bits per heavy atom. The molecule has 4 nitrogen and oxygen atoms in total. The number of benzene rings is 2. The molecule has 1 saturated carbocycles. The molecule has 4 rings (SSSR count). The Morgan fingerprint density at radius 3 is 2.64 bits per heavy atom. The van der Waals surface area contributed by atoms with E-state index in [1.807, 2.05) is 31.2 Å². The zero-order chi connectivity index (χ0) is 19.7. The number of nitrogens with zero attached hydrogens (tertiary/aromatic N) is 1. The topological polar surface area (TPSA) is 51.2 Å². The van der Waals surface area contributed by atoms with Crippen molar-refractivity contribution in [3.63, 3.8) is 0 Å². The second kappa shape index (κ2) is 7.36. The van der Waals surface area contributed by atoms with Gasteiger partial charge in [-0.3, -0.25) is 4.79 Å². The number of aryl methyl sites for hydroxylation is 1. The van der Waals surface area contributed by atoms with Crippen LogP contribution in [-0.2, 0) is 16.6 Å². The largest absolute Gasteiger partial charge is 0.497 e. The lowest BCUT2D eigenvalue weighted by Gasteiger charge is -2.15. The zero-order valence-electron chi connectivity index (χ0n) is 15.8. The molecule has 0 atom stereocenters. The number of ether oxygens (including phenoxy) is 1. The van der Waals surface area contributed by atoms with E-state index in [2.05, 4.69) is 10.3 Å². The highest BCUT2D eigenvalue weighted by Crippen LogP contribution is 2.49. The monoisotopic (exact) mass is 396 g/mol. The molecule has 1 N–H and O–H groups in total. The standard InChI is InChI=1S/C22H21FN2O2S/c1-14-11-17(23)6-3-15(14)12-19-13-24-21(28-19)25-20(26)22(9-10-22)16-4-7-18(27-2)8-5-16/h3-8,11,13H,9-10,12H2,1-2H3,(H,24,25,26). The molecule has 1 amide bonds. The minimum atomic E-state index is -0.467. The number of hydrogen-bond donors (Lipinski definition) is 1. The van der Waals surface area contributed by atoms with Crippen molar-refractivity contribution >= 4 is 22.4 Å². The van der Waals surface area contributed by atoms with Crippen molar-refractivity contribution < 1.29 is 13.9 Å². The van der Waals surface area contributed by atoms with Crippen molar-refractivity contribution in [2.24, 2.45) is 0 Å². The number of thiazole rings is 1. The fraction of sp³-hybridized carbons (Fsp3) is 0.273. The van der Waals surface area contributed by atoms with Crippen LogP contribution < -0.4 is 10.1 Å². The summed E-state index contributed by atoms with van der Waals surface area (Å²) in [4.78, 5) is 18.3. The van der Waals surface area contributed by atoms with Gasteiger partial charge < -0.3 is 10.1 Å². The first-order valence-electron chi connectivity index (χ1n) is 9.16. The number of hydrogen-bond acceptors (Lipinski definition) is 4. The van der Waals surface area contributed by atoms with Crippen molar-refractivity contribution in [2.75, 3.05) is 12.4 Å². The Hall–Kier alpha value is -2.73. The van der Waals surface area contributed by atoms with Crippen molar-refractivity contribution in [1.82, 2.24) is 4.98 Å². The highest BCUT2D eigenvalue weighted by atomic mass is 32.1. The number of carbonyl (C=O) groups is 1. The van der Waals surface area contributed by atoms with Crippen LogP contribution in [0.15, 0.2) is 48.7 Å². The molecule has 28 heavy (non-hydrogen) atoms. The molecule has 0 bridgehead atoms. The summed E-state index contributed by atoms with van der Waals surface area (Å²) in [5, 5.41) is 3.58. The average molecular weight is 396 g/mol. The van der Waals surface area contributed by atoms with Crippen LogP contribution >= 0.6 is 11.3 Å². The number of carbonyl (C=O) groups excluding carboxylic acids is 1. The molecule has 1 heterocycles. The van der Waals surface area contributed by atoms with Gasteiger partial charge in [-0.15, -0.1) is 11.3 Å². The van der Waals surface area contributed by atoms with Gasteiger partial charge >= 0.3 is 0 Å². The SMILES string of the molecule is COc1ccc(C2(C(=O)Nc3ncc(Cc4ccc(F)cc4C)s3)CC2)cc1. The third kappa shape index (κ3) is 3.64. The second-order valence-electron chi connectivity index (χ2n) is 7.14. The van der Waals surface area contributed by atoms with Gasteiger partial charge in [-0.1, -0.05) is 18.2 Å². The fourth-order valence-corrected chi connectivity index (χ4v) is 4.22. The van der Waals surface area contributed by atoms with E-state index in [9.17, 15) is 9.18 Å². The first kappa shape index (κ1) is 18.6. The third-order valence-electron chi connectivity index (χ3n) is 5.27. The van der Waals surface area contributed by atoms with Gasteiger partial charge in [0.05, 0.1) is 12.5 Å². The lowest BCUT2D eigenvalue weighted by Crippen LogP contribution is -2.27. The smallest absolute Gasteiger partial charge is 0.236 e. The molecule has 1 aliphatic carbocycles. The highest BCUT2D eigenvalue weighted by molar-refractivity contribution is 7.15. The molecule has 0 saturated heterocycles. The predicted octanol–water partition coefficient (Wildman–Crippen LogP) is 4.86. The number of methoxy groups -OCH3 is 1. The first-order valence-corrected chi connectivity index (χ1v) is 9.97. The molecule has 0 aliphatic heterocycles. The minimum Gasteiger partial charge on any atom is -0.497 e. The molecule has 0 radical (unpaired) electrons. The van der Waals surface area contributed by atoms with Gasteiger partial charge in [0.2, 0.25) is 5.91 Å². The third-order valence-corrected chi connectivity index (χ3v) is 6.18. The maximum atomic E-state index is 13.3. The summed E-state index contributed by atoms with van der Waals surface area (Å²) in [6, 6.07) is 12.5. The van der Waals surface area contributed by atoms with Crippen LogP contribution in [0.5, 0.6) is 5.75 Å². The lowest BCUT2D eigenvalue weighted by molar-refractivity contribution is -0.118. The quantitative estimate of drug-likeness (QED) is 0.647. The van der Waals surface area contributed by atoms with Crippen LogP contribution in [0, 0.1) is 12.7 Å². The van der Waals surface area contributed by atoms with Gasteiger partial charge in [-0.25, -0.2) is 9.37 Å². The normalized spacial score (nSPS) is 14.5. The van der Waals surface area contributed by atoms with Crippen LogP contribution in [0.1, 0.15) is 34.4 Å². The second-order valence-corrected chi connectivity index (χ2v) is 8.26. The molecule has 1 aliphatic rings. The molecule has 6 heteroatoms. The number of rotatable bonds is 6. The molecule has 3 aromatic rings. The van der Waals surface area contributed by atoms with Gasteiger partial charge in [0.25, 0.3) is 0 Å². The molecular formula is C22H21FN2O2S. The van der Waals surface area contributed by atoms with Crippen LogP contribution in [0.25, 0.3) is 0 Å². The molecule has 0 unspecified atom stereocenters. The summed E-state index contributed by atoms with van der Waals surface area (Å²) >= 11 is 1.46. The number of anilines is 1. The molecule has 0 spiro atoms. The summed E-state index contributed by atoms with van der Waals surface area (Å²) < 4.78 is 18.5. The van der Waals surface area contributed by atoms with E-state index in [1.165, 1.54) is 23.5 Å². The van der Waals surface area contributed by atoms with Gasteiger partial charge in [0.1, 0.15) is 11.6 Å².